The SMILES string of the molecule is COC[C@]12CC[C@@](C)(O)C[C@@H]1CC[C@H]1[C@@H]3CC[C@H](CN(C)OC)[C@@]3(C)CC[C@@H]12. The fraction of sp³-hybridized carbons (Fsp3) is 1.00. The zero-order valence-corrected chi connectivity index (χ0v) is 18.9. The molecule has 0 heterocycles. The third-order valence-corrected chi connectivity index (χ3v) is 10.1. The van der Waals surface area contributed by atoms with Gasteiger partial charge in [-0.25, -0.2) is 0 Å². The normalized spacial score (nSPS) is 50.9. The second-order valence-corrected chi connectivity index (χ2v) is 11.3. The van der Waals surface area contributed by atoms with Gasteiger partial charge >= 0.3 is 0 Å². The first kappa shape index (κ1) is 21.1. The largest absolute Gasteiger partial charge is 0.390 e. The molecule has 0 spiro atoms. The van der Waals surface area contributed by atoms with E-state index in [4.69, 9.17) is 9.57 Å². The van der Waals surface area contributed by atoms with Crippen molar-refractivity contribution in [3.05, 3.63) is 0 Å². The molecule has 0 saturated heterocycles. The van der Waals surface area contributed by atoms with Crippen LogP contribution in [0.1, 0.15) is 71.6 Å². The summed E-state index contributed by atoms with van der Waals surface area (Å²) in [5.41, 5.74) is 0.305. The van der Waals surface area contributed by atoms with E-state index in [2.05, 4.69) is 20.9 Å². The van der Waals surface area contributed by atoms with Gasteiger partial charge in [0.2, 0.25) is 0 Å². The van der Waals surface area contributed by atoms with Crippen molar-refractivity contribution in [1.82, 2.24) is 5.06 Å². The number of hydrogen-bond donors (Lipinski definition) is 1. The van der Waals surface area contributed by atoms with E-state index in [1.54, 1.807) is 7.11 Å². The first-order chi connectivity index (χ1) is 13.3. The van der Waals surface area contributed by atoms with Crippen LogP contribution in [0.15, 0.2) is 0 Å². The van der Waals surface area contributed by atoms with Crippen LogP contribution in [0.3, 0.4) is 0 Å². The number of fused-ring (bicyclic) bond motifs is 5. The highest BCUT2D eigenvalue weighted by molar-refractivity contribution is 5.11. The number of rotatable bonds is 5. The number of nitrogens with zero attached hydrogens (tertiary/aromatic N) is 1. The minimum Gasteiger partial charge on any atom is -0.390 e. The Kier molecular flexibility index (Phi) is 5.66. The molecule has 8 atom stereocenters. The Labute approximate surface area is 172 Å². The van der Waals surface area contributed by atoms with Gasteiger partial charge in [-0.05, 0) is 105 Å². The lowest BCUT2D eigenvalue weighted by Crippen LogP contribution is -2.58. The molecule has 0 aliphatic heterocycles. The van der Waals surface area contributed by atoms with E-state index in [9.17, 15) is 5.11 Å². The molecule has 0 amide bonds. The molecule has 4 nitrogen and oxygen atoms in total. The first-order valence-electron chi connectivity index (χ1n) is 11.7. The number of ether oxygens (including phenoxy) is 1. The van der Waals surface area contributed by atoms with E-state index >= 15 is 0 Å². The van der Waals surface area contributed by atoms with Crippen LogP contribution in [0.5, 0.6) is 0 Å². The molecular formula is C24H43NO3. The van der Waals surface area contributed by atoms with Gasteiger partial charge in [0.25, 0.3) is 0 Å². The zero-order valence-electron chi connectivity index (χ0n) is 18.9. The van der Waals surface area contributed by atoms with Gasteiger partial charge in [-0.3, -0.25) is 0 Å². The van der Waals surface area contributed by atoms with E-state index in [1.165, 1.54) is 38.5 Å². The molecular weight excluding hydrogens is 350 g/mol. The van der Waals surface area contributed by atoms with Crippen LogP contribution in [0.2, 0.25) is 0 Å². The van der Waals surface area contributed by atoms with Gasteiger partial charge < -0.3 is 14.7 Å². The van der Waals surface area contributed by atoms with Gasteiger partial charge in [-0.1, -0.05) is 6.92 Å². The van der Waals surface area contributed by atoms with Gasteiger partial charge in [-0.2, -0.15) is 5.06 Å². The summed E-state index contributed by atoms with van der Waals surface area (Å²) in [7, 11) is 5.76. The molecule has 4 saturated carbocycles. The maximum absolute atomic E-state index is 10.8. The van der Waals surface area contributed by atoms with Crippen molar-refractivity contribution in [2.45, 2.75) is 77.2 Å². The van der Waals surface area contributed by atoms with Crippen molar-refractivity contribution in [1.29, 1.82) is 0 Å². The highest BCUT2D eigenvalue weighted by atomic mass is 16.7. The fourth-order valence-corrected chi connectivity index (χ4v) is 8.58. The molecule has 1 N–H and O–H groups in total. The predicted octanol–water partition coefficient (Wildman–Crippen LogP) is 4.52. The van der Waals surface area contributed by atoms with Crippen molar-refractivity contribution in [2.24, 2.45) is 40.4 Å². The summed E-state index contributed by atoms with van der Waals surface area (Å²) in [6, 6.07) is 0. The fourth-order valence-electron chi connectivity index (χ4n) is 8.58. The summed E-state index contributed by atoms with van der Waals surface area (Å²) in [6.45, 7) is 6.61. The van der Waals surface area contributed by atoms with Crippen molar-refractivity contribution in [3.63, 3.8) is 0 Å². The molecule has 0 radical (unpaired) electrons. The lowest BCUT2D eigenvalue weighted by molar-refractivity contribution is -0.179. The molecule has 28 heavy (non-hydrogen) atoms. The standard InChI is InChI=1S/C24H43NO3/c1-22(26)12-13-24(16-27-4)17(14-22)6-8-19-20-9-7-18(15-25(3)28-5)23(20,2)11-10-21(19)24/h17-21,26H,6-16H2,1-5H3/t17-,18+,19-,20-,21-,22+,23+,24+/m0/s1. The zero-order chi connectivity index (χ0) is 20.2. The third kappa shape index (κ3) is 3.27. The summed E-state index contributed by atoms with van der Waals surface area (Å²) >= 11 is 0. The van der Waals surface area contributed by atoms with Crippen molar-refractivity contribution >= 4 is 0 Å². The number of aliphatic hydroxyl groups is 1. The van der Waals surface area contributed by atoms with Crippen LogP contribution < -0.4 is 0 Å². The molecule has 162 valence electrons. The number of methoxy groups -OCH3 is 1. The van der Waals surface area contributed by atoms with Gasteiger partial charge in [0, 0.05) is 20.7 Å². The highest BCUT2D eigenvalue weighted by Crippen LogP contribution is 2.68. The maximum Gasteiger partial charge on any atom is 0.0622 e. The van der Waals surface area contributed by atoms with E-state index in [1.807, 2.05) is 12.2 Å². The number of hydrogen-bond acceptors (Lipinski definition) is 4. The minimum absolute atomic E-state index is 0.308. The molecule has 0 aromatic heterocycles. The lowest BCUT2D eigenvalue weighted by Gasteiger charge is -2.62. The Bertz CT molecular complexity index is 566. The molecule has 4 heteroatoms. The Morgan fingerprint density at radius 2 is 1.75 bits per heavy atom. The minimum atomic E-state index is -0.471. The average Bonchev–Trinajstić information content (AvgIpc) is 2.98. The van der Waals surface area contributed by atoms with E-state index in [0.29, 0.717) is 16.7 Å². The molecule has 4 aliphatic rings. The molecule has 0 aromatic rings. The van der Waals surface area contributed by atoms with Crippen LogP contribution in [-0.4, -0.2) is 50.2 Å². The monoisotopic (exact) mass is 393 g/mol. The quantitative estimate of drug-likeness (QED) is 0.698. The second kappa shape index (κ2) is 7.51. The summed E-state index contributed by atoms with van der Waals surface area (Å²) in [4.78, 5) is 5.47. The number of hydroxylamine groups is 2. The molecule has 0 bridgehead atoms. The van der Waals surface area contributed by atoms with Crippen molar-refractivity contribution < 1.29 is 14.7 Å². The first-order valence-corrected chi connectivity index (χ1v) is 11.7. The highest BCUT2D eigenvalue weighted by Gasteiger charge is 2.62. The van der Waals surface area contributed by atoms with Crippen molar-refractivity contribution in [2.75, 3.05) is 34.4 Å². The Hall–Kier alpha value is -0.160. The van der Waals surface area contributed by atoms with Gasteiger partial charge in [0.05, 0.1) is 19.3 Å². The summed E-state index contributed by atoms with van der Waals surface area (Å²) in [6.07, 6.45) is 11.2. The van der Waals surface area contributed by atoms with Crippen LogP contribution in [0.25, 0.3) is 0 Å². The molecule has 4 fully saturated rings. The van der Waals surface area contributed by atoms with Crippen molar-refractivity contribution in [3.8, 4) is 0 Å². The van der Waals surface area contributed by atoms with Crippen LogP contribution in [-0.2, 0) is 9.57 Å². The van der Waals surface area contributed by atoms with Gasteiger partial charge in [0.1, 0.15) is 0 Å². The lowest BCUT2D eigenvalue weighted by atomic mass is 9.43. The van der Waals surface area contributed by atoms with E-state index in [0.717, 1.165) is 56.1 Å². The van der Waals surface area contributed by atoms with E-state index in [-0.39, 0.29) is 0 Å². The summed E-state index contributed by atoms with van der Waals surface area (Å²) < 4.78 is 5.88. The average molecular weight is 394 g/mol. The third-order valence-electron chi connectivity index (χ3n) is 10.1. The Balaban J connectivity index is 1.58. The van der Waals surface area contributed by atoms with Crippen LogP contribution in [0.4, 0.5) is 0 Å². The summed E-state index contributed by atoms with van der Waals surface area (Å²) in [5, 5.41) is 12.8. The topological polar surface area (TPSA) is 41.9 Å². The second-order valence-electron chi connectivity index (χ2n) is 11.3. The van der Waals surface area contributed by atoms with E-state index < -0.39 is 5.60 Å². The van der Waals surface area contributed by atoms with Crippen LogP contribution in [0, 0.1) is 40.4 Å². The smallest absolute Gasteiger partial charge is 0.0622 e. The van der Waals surface area contributed by atoms with Crippen LogP contribution >= 0.6 is 0 Å². The summed E-state index contributed by atoms with van der Waals surface area (Å²) in [5.74, 6) is 3.90. The Morgan fingerprint density at radius 1 is 0.964 bits per heavy atom. The molecule has 0 aromatic carbocycles. The molecule has 0 unspecified atom stereocenters. The maximum atomic E-state index is 10.8. The predicted molar refractivity (Wildman–Crippen MR) is 112 cm³/mol. The van der Waals surface area contributed by atoms with Gasteiger partial charge in [0.15, 0.2) is 0 Å². The molecule has 4 aliphatic carbocycles. The molecule has 4 rings (SSSR count). The van der Waals surface area contributed by atoms with Gasteiger partial charge in [-0.15, -0.1) is 0 Å². The Morgan fingerprint density at radius 3 is 2.46 bits per heavy atom.